The molecule has 6 heteroatoms. The molecular weight excluding hydrogens is 234 g/mol. The summed E-state index contributed by atoms with van der Waals surface area (Å²) in [6, 6.07) is -0.0685. The molecule has 0 spiro atoms. The first-order valence-electron chi connectivity index (χ1n) is 4.90. The Morgan fingerprint density at radius 3 is 2.53 bits per heavy atom. The second-order valence-electron chi connectivity index (χ2n) is 4.53. The molecule has 0 bridgehead atoms. The Kier molecular flexibility index (Phi) is 3.55. The fourth-order valence-corrected chi connectivity index (χ4v) is 3.64. The van der Waals surface area contributed by atoms with Crippen molar-refractivity contribution in [3.63, 3.8) is 0 Å². The Labute approximate surface area is 96.0 Å². The third kappa shape index (κ3) is 3.21. The predicted molar refractivity (Wildman–Crippen MR) is 63.4 cm³/mol. The van der Waals surface area contributed by atoms with E-state index in [1.807, 2.05) is 0 Å². The van der Waals surface area contributed by atoms with E-state index in [0.717, 1.165) is 0 Å². The van der Waals surface area contributed by atoms with Gasteiger partial charge in [-0.25, -0.2) is 8.42 Å². The van der Waals surface area contributed by atoms with E-state index in [2.05, 4.69) is 5.32 Å². The van der Waals surface area contributed by atoms with Gasteiger partial charge in [0.05, 0.1) is 5.75 Å². The van der Waals surface area contributed by atoms with Gasteiger partial charge in [0.1, 0.15) is 9.92 Å². The Balaban J connectivity index is 2.78. The van der Waals surface area contributed by atoms with Crippen LogP contribution < -0.4 is 5.32 Å². The van der Waals surface area contributed by atoms with E-state index in [1.54, 1.807) is 20.8 Å². The van der Waals surface area contributed by atoms with E-state index in [-0.39, 0.29) is 21.9 Å². The molecule has 0 aromatic heterocycles. The average Bonchev–Trinajstić information content (AvgIpc) is 2.05. The van der Waals surface area contributed by atoms with Gasteiger partial charge in [0.15, 0.2) is 9.84 Å². The molecule has 2 atom stereocenters. The van der Waals surface area contributed by atoms with Crippen molar-refractivity contribution in [1.82, 2.24) is 5.32 Å². The summed E-state index contributed by atoms with van der Waals surface area (Å²) in [5.74, 6) is -0.158. The van der Waals surface area contributed by atoms with E-state index in [9.17, 15) is 13.5 Å². The predicted octanol–water partition coefficient (Wildman–Crippen LogP) is 0.455. The third-order valence-corrected chi connectivity index (χ3v) is 5.41. The summed E-state index contributed by atoms with van der Waals surface area (Å²) in [6.07, 6.45) is 0.494. The molecule has 0 aromatic rings. The van der Waals surface area contributed by atoms with Crippen LogP contribution in [0.15, 0.2) is 0 Å². The fraction of sp³-hybridized carbons (Fsp3) is 0.889. The fourth-order valence-electron chi connectivity index (χ4n) is 1.73. The van der Waals surface area contributed by atoms with Crippen molar-refractivity contribution < 1.29 is 13.5 Å². The van der Waals surface area contributed by atoms with Crippen LogP contribution in [0, 0.1) is 5.92 Å². The zero-order valence-electron chi connectivity index (χ0n) is 9.15. The van der Waals surface area contributed by atoms with Gasteiger partial charge in [-0.2, -0.15) is 0 Å². The minimum atomic E-state index is -3.19. The maximum Gasteiger partial charge on any atom is 0.185 e. The van der Waals surface area contributed by atoms with Gasteiger partial charge in [0.25, 0.3) is 0 Å². The summed E-state index contributed by atoms with van der Waals surface area (Å²) in [7, 11) is -3.19. The van der Waals surface area contributed by atoms with E-state index >= 15 is 0 Å². The molecule has 1 aliphatic rings. The lowest BCUT2D eigenvalue weighted by molar-refractivity contribution is 0.0265. The van der Waals surface area contributed by atoms with Crippen LogP contribution in [0.25, 0.3) is 0 Å². The summed E-state index contributed by atoms with van der Waals surface area (Å²) in [4.78, 5) is 0. The van der Waals surface area contributed by atoms with E-state index in [1.165, 1.54) is 0 Å². The van der Waals surface area contributed by atoms with Gasteiger partial charge in [-0.05, 0) is 20.3 Å². The van der Waals surface area contributed by atoms with Crippen molar-refractivity contribution >= 4 is 26.3 Å². The van der Waals surface area contributed by atoms with Gasteiger partial charge in [-0.1, -0.05) is 19.1 Å². The number of thiocarbonyl (C=S) groups is 1. The highest BCUT2D eigenvalue weighted by Crippen LogP contribution is 2.23. The molecule has 0 aliphatic carbocycles. The van der Waals surface area contributed by atoms with Gasteiger partial charge in [0, 0.05) is 12.0 Å². The summed E-state index contributed by atoms with van der Waals surface area (Å²) in [5, 5.41) is 12.6. The van der Waals surface area contributed by atoms with Crippen LogP contribution in [-0.2, 0) is 9.84 Å². The van der Waals surface area contributed by atoms with Crippen LogP contribution in [0.1, 0.15) is 27.2 Å². The van der Waals surface area contributed by atoms with Crippen LogP contribution in [0.2, 0.25) is 0 Å². The smallest absolute Gasteiger partial charge is 0.185 e. The number of hydrogen-bond acceptors (Lipinski definition) is 5. The Bertz CT molecular complexity index is 356. The average molecular weight is 251 g/mol. The maximum atomic E-state index is 11.5. The van der Waals surface area contributed by atoms with Crippen LogP contribution >= 0.6 is 12.2 Å². The molecule has 2 N–H and O–H groups in total. The van der Waals surface area contributed by atoms with Crippen molar-refractivity contribution in [1.29, 1.82) is 0 Å². The minimum Gasteiger partial charge on any atom is -0.376 e. The molecule has 1 fully saturated rings. The van der Waals surface area contributed by atoms with Crippen LogP contribution in [0.3, 0.4) is 0 Å². The summed E-state index contributed by atoms with van der Waals surface area (Å²) >= 11 is 4.92. The van der Waals surface area contributed by atoms with Gasteiger partial charge in [0.2, 0.25) is 0 Å². The first-order valence-corrected chi connectivity index (χ1v) is 6.96. The zero-order chi connectivity index (χ0) is 11.9. The molecule has 0 amide bonds. The number of aliphatic hydroxyl groups is 1. The molecule has 88 valence electrons. The second kappa shape index (κ2) is 4.08. The molecule has 1 heterocycles. The first-order chi connectivity index (χ1) is 6.63. The standard InChI is InChI=1S/C9H17NO3S2/c1-6-7(10-9(2,3)11)4-5-15(12,13)8(6)14/h6-7,10-11H,4-5H2,1-3H3. The van der Waals surface area contributed by atoms with Crippen molar-refractivity contribution in [3.05, 3.63) is 0 Å². The number of sulfone groups is 1. The normalized spacial score (nSPS) is 31.6. The number of hydrogen-bond donors (Lipinski definition) is 2. The van der Waals surface area contributed by atoms with Gasteiger partial charge < -0.3 is 5.11 Å². The highest BCUT2D eigenvalue weighted by molar-refractivity contribution is 8.17. The van der Waals surface area contributed by atoms with Crippen molar-refractivity contribution in [3.8, 4) is 0 Å². The first kappa shape index (κ1) is 13.0. The van der Waals surface area contributed by atoms with Crippen LogP contribution in [0.5, 0.6) is 0 Å². The van der Waals surface area contributed by atoms with E-state index in [0.29, 0.717) is 6.42 Å². The molecule has 1 saturated heterocycles. The molecule has 15 heavy (non-hydrogen) atoms. The molecule has 2 unspecified atom stereocenters. The quantitative estimate of drug-likeness (QED) is 0.551. The van der Waals surface area contributed by atoms with E-state index < -0.39 is 15.6 Å². The molecule has 0 saturated carbocycles. The van der Waals surface area contributed by atoms with Crippen LogP contribution in [-0.4, -0.2) is 35.2 Å². The van der Waals surface area contributed by atoms with Crippen LogP contribution in [0.4, 0.5) is 0 Å². The highest BCUT2D eigenvalue weighted by atomic mass is 32.2. The van der Waals surface area contributed by atoms with Gasteiger partial charge in [-0.15, -0.1) is 0 Å². The monoisotopic (exact) mass is 251 g/mol. The van der Waals surface area contributed by atoms with Gasteiger partial charge >= 0.3 is 0 Å². The van der Waals surface area contributed by atoms with Crippen molar-refractivity contribution in [2.45, 2.75) is 39.0 Å². The molecule has 1 aliphatic heterocycles. The third-order valence-electron chi connectivity index (χ3n) is 2.52. The Morgan fingerprint density at radius 1 is 1.53 bits per heavy atom. The van der Waals surface area contributed by atoms with Gasteiger partial charge in [-0.3, -0.25) is 5.32 Å². The summed E-state index contributed by atoms with van der Waals surface area (Å²) < 4.78 is 23.1. The Morgan fingerprint density at radius 2 is 2.07 bits per heavy atom. The highest BCUT2D eigenvalue weighted by Gasteiger charge is 2.37. The minimum absolute atomic E-state index is 0.0685. The van der Waals surface area contributed by atoms with Crippen molar-refractivity contribution in [2.75, 3.05) is 5.75 Å². The summed E-state index contributed by atoms with van der Waals surface area (Å²) in [5.41, 5.74) is -1.00. The maximum absolute atomic E-state index is 11.5. The second-order valence-corrected chi connectivity index (χ2v) is 7.30. The molecule has 4 nitrogen and oxygen atoms in total. The zero-order valence-corrected chi connectivity index (χ0v) is 10.8. The molecule has 1 rings (SSSR count). The SMILES string of the molecule is CC1C(=S)S(=O)(=O)CCC1NC(C)(C)O. The molecular formula is C9H17NO3S2. The topological polar surface area (TPSA) is 66.4 Å². The molecule has 0 radical (unpaired) electrons. The lowest BCUT2D eigenvalue weighted by atomic mass is 9.99. The van der Waals surface area contributed by atoms with E-state index in [4.69, 9.17) is 12.2 Å². The largest absolute Gasteiger partial charge is 0.376 e. The number of nitrogens with one attached hydrogen (secondary N) is 1. The molecule has 0 aromatic carbocycles. The lowest BCUT2D eigenvalue weighted by Crippen LogP contribution is -2.53. The summed E-state index contributed by atoms with van der Waals surface area (Å²) in [6.45, 7) is 5.04. The lowest BCUT2D eigenvalue weighted by Gasteiger charge is -2.34. The Hall–Kier alpha value is -0.0400. The van der Waals surface area contributed by atoms with Crippen molar-refractivity contribution in [2.24, 2.45) is 5.92 Å². The number of rotatable bonds is 2.